The van der Waals surface area contributed by atoms with Crippen LogP contribution in [0.25, 0.3) is 0 Å². The van der Waals surface area contributed by atoms with E-state index in [9.17, 15) is 14.6 Å². The van der Waals surface area contributed by atoms with Crippen LogP contribution in [0, 0.1) is 5.92 Å². The van der Waals surface area contributed by atoms with Crippen LogP contribution < -0.4 is 5.73 Å². The molecule has 6 nitrogen and oxygen atoms in total. The van der Waals surface area contributed by atoms with Crippen molar-refractivity contribution >= 4 is 7.82 Å². The van der Waals surface area contributed by atoms with Crippen molar-refractivity contribution in [2.24, 2.45) is 11.7 Å². The first-order valence-corrected chi connectivity index (χ1v) is 12.6. The van der Waals surface area contributed by atoms with Gasteiger partial charge in [0.25, 0.3) is 0 Å². The molecule has 0 saturated carbocycles. The van der Waals surface area contributed by atoms with Gasteiger partial charge in [0, 0.05) is 0 Å². The Bertz CT molecular complexity index is 433. The maximum absolute atomic E-state index is 11.6. The molecule has 0 bridgehead atoms. The highest BCUT2D eigenvalue weighted by molar-refractivity contribution is 7.47. The van der Waals surface area contributed by atoms with E-state index in [1.807, 2.05) is 13.0 Å². The standard InChI is InChI=1S/C21H44NO5P/c1-4-6-7-8-9-10-11-12-13-14-19(3)15-16-21(23)20(22)18-27-28(24,25)26-17-5-2/h15-16,19-21,23H,4-14,17-18,22H2,1-3H3,(H,24,25). The summed E-state index contributed by atoms with van der Waals surface area (Å²) < 4.78 is 21.1. The number of aliphatic hydroxyl groups is 1. The lowest BCUT2D eigenvalue weighted by molar-refractivity contribution is 0.111. The minimum Gasteiger partial charge on any atom is -0.387 e. The second-order valence-corrected chi connectivity index (χ2v) is 9.18. The van der Waals surface area contributed by atoms with E-state index in [-0.39, 0.29) is 13.2 Å². The fourth-order valence-corrected chi connectivity index (χ4v) is 3.69. The molecular formula is C21H44NO5P. The summed E-state index contributed by atoms with van der Waals surface area (Å²) in [7, 11) is -4.09. The van der Waals surface area contributed by atoms with E-state index in [1.165, 1.54) is 57.8 Å². The van der Waals surface area contributed by atoms with Crippen LogP contribution >= 0.6 is 7.82 Å². The summed E-state index contributed by atoms with van der Waals surface area (Å²) >= 11 is 0. The molecule has 0 rings (SSSR count). The highest BCUT2D eigenvalue weighted by atomic mass is 31.2. The first kappa shape index (κ1) is 27.8. The Morgan fingerprint density at radius 2 is 1.50 bits per heavy atom. The number of phosphoric ester groups is 1. The predicted octanol–water partition coefficient (Wildman–Crippen LogP) is 5.33. The number of allylic oxidation sites excluding steroid dienone is 1. The van der Waals surface area contributed by atoms with Gasteiger partial charge in [-0.1, -0.05) is 90.7 Å². The highest BCUT2D eigenvalue weighted by Gasteiger charge is 2.23. The lowest BCUT2D eigenvalue weighted by atomic mass is 10.00. The number of rotatable bonds is 19. The molecule has 168 valence electrons. The number of phosphoric acid groups is 1. The molecule has 0 aliphatic heterocycles. The molecule has 0 aromatic heterocycles. The van der Waals surface area contributed by atoms with Crippen molar-refractivity contribution in [2.75, 3.05) is 13.2 Å². The number of aliphatic hydroxyl groups excluding tert-OH is 1. The Hall–Kier alpha value is -0.230. The predicted molar refractivity (Wildman–Crippen MR) is 116 cm³/mol. The molecule has 0 heterocycles. The maximum atomic E-state index is 11.6. The summed E-state index contributed by atoms with van der Waals surface area (Å²) in [6.07, 6.45) is 16.2. The Labute approximate surface area is 172 Å². The first-order chi connectivity index (χ1) is 13.3. The zero-order chi connectivity index (χ0) is 21.3. The van der Waals surface area contributed by atoms with Gasteiger partial charge < -0.3 is 15.7 Å². The number of hydrogen-bond donors (Lipinski definition) is 3. The fraction of sp³-hybridized carbons (Fsp3) is 0.905. The van der Waals surface area contributed by atoms with Crippen molar-refractivity contribution in [3.05, 3.63) is 12.2 Å². The minimum absolute atomic E-state index is 0.141. The molecule has 0 radical (unpaired) electrons. The Balaban J connectivity index is 3.85. The molecule has 0 aliphatic carbocycles. The van der Waals surface area contributed by atoms with E-state index in [4.69, 9.17) is 14.8 Å². The molecule has 0 spiro atoms. The van der Waals surface area contributed by atoms with Crippen molar-refractivity contribution in [1.82, 2.24) is 0 Å². The Kier molecular flexibility index (Phi) is 17.5. The van der Waals surface area contributed by atoms with Gasteiger partial charge in [-0.15, -0.1) is 0 Å². The van der Waals surface area contributed by atoms with Crippen LogP contribution in [0.1, 0.15) is 91.4 Å². The molecule has 0 fully saturated rings. The van der Waals surface area contributed by atoms with E-state index in [1.54, 1.807) is 6.08 Å². The SMILES string of the molecule is CCCCCCCCCCCC(C)C=CC(O)C(N)COP(=O)(O)OCCC. The van der Waals surface area contributed by atoms with Crippen LogP contribution in [-0.2, 0) is 13.6 Å². The van der Waals surface area contributed by atoms with Gasteiger partial charge in [-0.2, -0.15) is 0 Å². The summed E-state index contributed by atoms with van der Waals surface area (Å²) in [5.74, 6) is 0.365. The van der Waals surface area contributed by atoms with Crippen LogP contribution in [0.4, 0.5) is 0 Å². The van der Waals surface area contributed by atoms with Gasteiger partial charge in [0.1, 0.15) is 0 Å². The van der Waals surface area contributed by atoms with Crippen molar-refractivity contribution in [3.8, 4) is 0 Å². The zero-order valence-corrected chi connectivity index (χ0v) is 19.1. The Morgan fingerprint density at radius 1 is 0.929 bits per heavy atom. The number of nitrogens with two attached hydrogens (primary N) is 1. The van der Waals surface area contributed by atoms with E-state index in [2.05, 4.69) is 13.8 Å². The van der Waals surface area contributed by atoms with Gasteiger partial charge in [-0.05, 0) is 18.8 Å². The molecule has 28 heavy (non-hydrogen) atoms. The molecule has 0 amide bonds. The maximum Gasteiger partial charge on any atom is 0.472 e. The smallest absolute Gasteiger partial charge is 0.387 e. The lowest BCUT2D eigenvalue weighted by Gasteiger charge is -2.18. The van der Waals surface area contributed by atoms with Gasteiger partial charge in [0.05, 0.1) is 25.4 Å². The first-order valence-electron chi connectivity index (χ1n) is 11.1. The topological polar surface area (TPSA) is 102 Å². The van der Waals surface area contributed by atoms with Crippen LogP contribution in [0.15, 0.2) is 12.2 Å². The van der Waals surface area contributed by atoms with Gasteiger partial charge in [-0.3, -0.25) is 9.05 Å². The van der Waals surface area contributed by atoms with Gasteiger partial charge in [-0.25, -0.2) is 4.57 Å². The van der Waals surface area contributed by atoms with Crippen LogP contribution in [0.5, 0.6) is 0 Å². The molecule has 4 unspecified atom stereocenters. The third-order valence-electron chi connectivity index (χ3n) is 4.73. The van der Waals surface area contributed by atoms with E-state index in [0.717, 1.165) is 6.42 Å². The largest absolute Gasteiger partial charge is 0.472 e. The molecule has 0 aliphatic rings. The second-order valence-electron chi connectivity index (χ2n) is 7.73. The third kappa shape index (κ3) is 16.7. The molecule has 0 saturated heterocycles. The van der Waals surface area contributed by atoms with Crippen molar-refractivity contribution in [2.45, 2.75) is 104 Å². The van der Waals surface area contributed by atoms with Gasteiger partial charge >= 0.3 is 7.82 Å². The third-order valence-corrected chi connectivity index (χ3v) is 5.71. The van der Waals surface area contributed by atoms with Gasteiger partial charge in [0.2, 0.25) is 0 Å². The minimum atomic E-state index is -4.09. The average molecular weight is 422 g/mol. The van der Waals surface area contributed by atoms with Crippen LogP contribution in [-0.4, -0.2) is 35.4 Å². The van der Waals surface area contributed by atoms with E-state index in [0.29, 0.717) is 12.3 Å². The molecule has 0 aromatic carbocycles. The summed E-state index contributed by atoms with van der Waals surface area (Å²) in [5.41, 5.74) is 5.82. The number of hydrogen-bond acceptors (Lipinski definition) is 5. The summed E-state index contributed by atoms with van der Waals surface area (Å²) in [6.45, 7) is 6.09. The zero-order valence-electron chi connectivity index (χ0n) is 18.2. The molecule has 4 atom stereocenters. The van der Waals surface area contributed by atoms with Crippen LogP contribution in [0.2, 0.25) is 0 Å². The number of unbranched alkanes of at least 4 members (excludes halogenated alkanes) is 8. The lowest BCUT2D eigenvalue weighted by Crippen LogP contribution is -2.37. The van der Waals surface area contributed by atoms with Gasteiger partial charge in [0.15, 0.2) is 0 Å². The highest BCUT2D eigenvalue weighted by Crippen LogP contribution is 2.43. The van der Waals surface area contributed by atoms with Crippen molar-refractivity contribution < 1.29 is 23.6 Å². The fourth-order valence-electron chi connectivity index (χ4n) is 2.84. The quantitative estimate of drug-likeness (QED) is 0.148. The molecule has 7 heteroatoms. The van der Waals surface area contributed by atoms with Crippen molar-refractivity contribution in [3.63, 3.8) is 0 Å². The monoisotopic (exact) mass is 421 g/mol. The molecular weight excluding hydrogens is 377 g/mol. The average Bonchev–Trinajstić information content (AvgIpc) is 2.67. The summed E-state index contributed by atoms with van der Waals surface area (Å²) in [6, 6.07) is -0.776. The van der Waals surface area contributed by atoms with E-state index < -0.39 is 20.0 Å². The molecule has 0 aromatic rings. The van der Waals surface area contributed by atoms with E-state index >= 15 is 0 Å². The second kappa shape index (κ2) is 17.6. The van der Waals surface area contributed by atoms with Crippen LogP contribution in [0.3, 0.4) is 0 Å². The van der Waals surface area contributed by atoms with Crippen molar-refractivity contribution in [1.29, 1.82) is 0 Å². The summed E-state index contributed by atoms with van der Waals surface area (Å²) in [5, 5.41) is 10.1. The Morgan fingerprint density at radius 3 is 2.07 bits per heavy atom. The normalized spacial score (nSPS) is 17.5. The molecule has 4 N–H and O–H groups in total. The summed E-state index contributed by atoms with van der Waals surface area (Å²) in [4.78, 5) is 9.46.